The maximum Gasteiger partial charge on any atom is 0.332 e. The molecule has 0 fully saturated rings. The highest BCUT2D eigenvalue weighted by Gasteiger charge is 2.13. The SMILES string of the molecule is Cn1c(NC(=O)COC(=O)CSc2nnc(N)s2)cc(=O)n(C)c1=O. The summed E-state index contributed by atoms with van der Waals surface area (Å²) in [4.78, 5) is 46.7. The summed E-state index contributed by atoms with van der Waals surface area (Å²) < 4.78 is 7.31. The van der Waals surface area contributed by atoms with E-state index in [1.54, 1.807) is 0 Å². The van der Waals surface area contributed by atoms with Crippen molar-refractivity contribution in [3.8, 4) is 0 Å². The van der Waals surface area contributed by atoms with E-state index >= 15 is 0 Å². The van der Waals surface area contributed by atoms with Gasteiger partial charge in [0.05, 0.1) is 5.75 Å². The summed E-state index contributed by atoms with van der Waals surface area (Å²) >= 11 is 2.21. The molecule has 2 aromatic rings. The lowest BCUT2D eigenvalue weighted by molar-refractivity contribution is -0.144. The fraction of sp³-hybridized carbons (Fsp3) is 0.333. The molecule has 11 nitrogen and oxygen atoms in total. The van der Waals surface area contributed by atoms with Crippen molar-refractivity contribution in [1.82, 2.24) is 19.3 Å². The van der Waals surface area contributed by atoms with Crippen LogP contribution in [-0.2, 0) is 28.4 Å². The molecule has 0 spiro atoms. The van der Waals surface area contributed by atoms with Gasteiger partial charge in [-0.3, -0.25) is 23.5 Å². The van der Waals surface area contributed by atoms with E-state index in [-0.39, 0.29) is 16.7 Å². The van der Waals surface area contributed by atoms with Crippen molar-refractivity contribution in [2.75, 3.05) is 23.4 Å². The molecular formula is C12H14N6O5S2. The number of esters is 1. The van der Waals surface area contributed by atoms with Gasteiger partial charge in [0, 0.05) is 20.2 Å². The molecule has 0 unspecified atom stereocenters. The number of carbonyl (C=O) groups excluding carboxylic acids is 2. The lowest BCUT2D eigenvalue weighted by Gasteiger charge is -2.10. The van der Waals surface area contributed by atoms with Crippen LogP contribution in [0, 0.1) is 0 Å². The molecule has 3 N–H and O–H groups in total. The molecule has 0 aliphatic heterocycles. The van der Waals surface area contributed by atoms with Crippen molar-refractivity contribution in [2.24, 2.45) is 14.1 Å². The summed E-state index contributed by atoms with van der Waals surface area (Å²) in [6, 6.07) is 1.09. The van der Waals surface area contributed by atoms with Gasteiger partial charge in [0.1, 0.15) is 5.82 Å². The van der Waals surface area contributed by atoms with Crippen LogP contribution in [0.2, 0.25) is 0 Å². The smallest absolute Gasteiger partial charge is 0.332 e. The summed E-state index contributed by atoms with van der Waals surface area (Å²) in [5, 5.41) is 9.95. The Morgan fingerprint density at radius 3 is 2.68 bits per heavy atom. The average Bonchev–Trinajstić information content (AvgIpc) is 2.99. The van der Waals surface area contributed by atoms with Crippen LogP contribution < -0.4 is 22.3 Å². The van der Waals surface area contributed by atoms with E-state index < -0.39 is 29.7 Å². The molecule has 0 atom stereocenters. The van der Waals surface area contributed by atoms with Crippen molar-refractivity contribution >= 4 is 45.9 Å². The fourth-order valence-electron chi connectivity index (χ4n) is 1.62. The Morgan fingerprint density at radius 1 is 1.32 bits per heavy atom. The number of aromatic nitrogens is 4. The van der Waals surface area contributed by atoms with Crippen LogP contribution in [0.25, 0.3) is 0 Å². The highest BCUT2D eigenvalue weighted by molar-refractivity contribution is 8.01. The third-order valence-corrected chi connectivity index (χ3v) is 4.75. The minimum Gasteiger partial charge on any atom is -0.455 e. The van der Waals surface area contributed by atoms with Gasteiger partial charge in [-0.2, -0.15) is 0 Å². The van der Waals surface area contributed by atoms with Crippen molar-refractivity contribution in [2.45, 2.75) is 4.34 Å². The molecule has 1 amide bonds. The molecule has 0 saturated heterocycles. The Balaban J connectivity index is 1.85. The Hall–Kier alpha value is -2.67. The zero-order chi connectivity index (χ0) is 18.6. The van der Waals surface area contributed by atoms with Gasteiger partial charge in [-0.15, -0.1) is 10.2 Å². The number of carbonyl (C=O) groups is 2. The van der Waals surface area contributed by atoms with E-state index in [0.717, 1.165) is 38.3 Å². The van der Waals surface area contributed by atoms with E-state index in [0.29, 0.717) is 4.34 Å². The van der Waals surface area contributed by atoms with E-state index in [1.807, 2.05) is 0 Å². The van der Waals surface area contributed by atoms with Crippen LogP contribution in [0.1, 0.15) is 0 Å². The molecular weight excluding hydrogens is 372 g/mol. The van der Waals surface area contributed by atoms with Crippen LogP contribution in [0.4, 0.5) is 10.9 Å². The number of rotatable bonds is 6. The predicted molar refractivity (Wildman–Crippen MR) is 91.6 cm³/mol. The first-order valence-corrected chi connectivity index (χ1v) is 8.52. The van der Waals surface area contributed by atoms with E-state index in [2.05, 4.69) is 15.5 Å². The maximum atomic E-state index is 11.8. The molecule has 25 heavy (non-hydrogen) atoms. The fourth-order valence-corrected chi connectivity index (χ4v) is 3.05. The Labute approximate surface area is 148 Å². The Morgan fingerprint density at radius 2 is 2.04 bits per heavy atom. The monoisotopic (exact) mass is 386 g/mol. The van der Waals surface area contributed by atoms with Gasteiger partial charge in [-0.1, -0.05) is 23.1 Å². The molecule has 0 radical (unpaired) electrons. The number of amides is 1. The van der Waals surface area contributed by atoms with Crippen molar-refractivity contribution < 1.29 is 14.3 Å². The first-order chi connectivity index (χ1) is 11.8. The van der Waals surface area contributed by atoms with Gasteiger partial charge in [0.15, 0.2) is 10.9 Å². The molecule has 0 aromatic carbocycles. The molecule has 13 heteroatoms. The van der Waals surface area contributed by atoms with Gasteiger partial charge < -0.3 is 15.8 Å². The van der Waals surface area contributed by atoms with Crippen LogP contribution in [-0.4, -0.2) is 43.6 Å². The van der Waals surface area contributed by atoms with Crippen molar-refractivity contribution in [1.29, 1.82) is 0 Å². The summed E-state index contributed by atoms with van der Waals surface area (Å²) in [6.45, 7) is -0.555. The second-order valence-corrected chi connectivity index (χ2v) is 6.90. The highest BCUT2D eigenvalue weighted by atomic mass is 32.2. The zero-order valence-corrected chi connectivity index (χ0v) is 14.8. The van der Waals surface area contributed by atoms with Crippen LogP contribution in [0.15, 0.2) is 20.0 Å². The molecule has 2 heterocycles. The zero-order valence-electron chi connectivity index (χ0n) is 13.2. The summed E-state index contributed by atoms with van der Waals surface area (Å²) in [7, 11) is 2.72. The van der Waals surface area contributed by atoms with Gasteiger partial charge in [-0.25, -0.2) is 4.79 Å². The van der Waals surface area contributed by atoms with E-state index in [9.17, 15) is 19.2 Å². The summed E-state index contributed by atoms with van der Waals surface area (Å²) in [5.41, 5.74) is 4.26. The number of ether oxygens (including phenoxy) is 1. The Kier molecular flexibility index (Phi) is 5.93. The number of nitrogens with one attached hydrogen (secondary N) is 1. The van der Waals surface area contributed by atoms with Gasteiger partial charge >= 0.3 is 11.7 Å². The molecule has 0 aliphatic carbocycles. The standard InChI is InChI=1S/C12H14N6O5S2/c1-17-6(3-8(20)18(2)12(17)22)14-7(19)4-23-9(21)5-24-11-16-15-10(13)25-11/h3H,4-5H2,1-2H3,(H2,13,15)(H,14,19). The lowest BCUT2D eigenvalue weighted by atomic mass is 10.5. The van der Waals surface area contributed by atoms with Gasteiger partial charge in [0.25, 0.3) is 11.5 Å². The second-order valence-electron chi connectivity index (χ2n) is 4.67. The van der Waals surface area contributed by atoms with Crippen molar-refractivity contribution in [3.05, 3.63) is 26.9 Å². The molecule has 2 aromatic heterocycles. The highest BCUT2D eigenvalue weighted by Crippen LogP contribution is 2.23. The lowest BCUT2D eigenvalue weighted by Crippen LogP contribution is -2.38. The maximum absolute atomic E-state index is 11.8. The molecule has 0 saturated carbocycles. The Bertz CT molecular complexity index is 917. The summed E-state index contributed by atoms with van der Waals surface area (Å²) in [6.07, 6.45) is 0. The molecule has 0 aliphatic rings. The average molecular weight is 386 g/mol. The quantitative estimate of drug-likeness (QED) is 0.460. The number of nitrogens with two attached hydrogens (primary N) is 1. The largest absolute Gasteiger partial charge is 0.455 e. The third-order valence-electron chi connectivity index (χ3n) is 2.89. The van der Waals surface area contributed by atoms with E-state index in [4.69, 9.17) is 10.5 Å². The molecule has 0 bridgehead atoms. The number of nitrogens with zero attached hydrogens (tertiary/aromatic N) is 4. The third kappa shape index (κ3) is 4.90. The molecule has 2 rings (SSSR count). The minimum atomic E-state index is -0.679. The number of hydrogen-bond acceptors (Lipinski definition) is 10. The van der Waals surface area contributed by atoms with Gasteiger partial charge in [-0.05, 0) is 0 Å². The van der Waals surface area contributed by atoms with E-state index in [1.165, 1.54) is 14.1 Å². The van der Waals surface area contributed by atoms with Crippen LogP contribution in [0.3, 0.4) is 0 Å². The predicted octanol–water partition coefficient (Wildman–Crippen LogP) is -1.21. The number of thioether (sulfide) groups is 1. The number of anilines is 2. The molecule has 134 valence electrons. The number of nitrogen functional groups attached to an aromatic ring is 1. The number of hydrogen-bond donors (Lipinski definition) is 2. The van der Waals surface area contributed by atoms with Crippen LogP contribution in [0.5, 0.6) is 0 Å². The second kappa shape index (κ2) is 7.94. The summed E-state index contributed by atoms with van der Waals surface area (Å²) in [5.74, 6) is -1.37. The van der Waals surface area contributed by atoms with Crippen molar-refractivity contribution in [3.63, 3.8) is 0 Å². The van der Waals surface area contributed by atoms with Crippen LogP contribution >= 0.6 is 23.1 Å². The first kappa shape index (κ1) is 18.7. The normalized spacial score (nSPS) is 10.5. The first-order valence-electron chi connectivity index (χ1n) is 6.72. The topological polar surface area (TPSA) is 151 Å². The van der Waals surface area contributed by atoms with Gasteiger partial charge in [0.2, 0.25) is 5.13 Å². The minimum absolute atomic E-state index is 0.00728.